The van der Waals surface area contributed by atoms with Crippen molar-refractivity contribution in [2.45, 2.75) is 37.1 Å². The minimum atomic E-state index is -4.85. The molecule has 0 aromatic heterocycles. The third-order valence-electron chi connectivity index (χ3n) is 2.38. The van der Waals surface area contributed by atoms with Crippen molar-refractivity contribution < 1.29 is 54.8 Å². The number of epoxide rings is 1. The Hall–Kier alpha value is -1.27. The van der Waals surface area contributed by atoms with Crippen molar-refractivity contribution in [1.29, 1.82) is 0 Å². The van der Waals surface area contributed by atoms with Gasteiger partial charge in [-0.25, -0.2) is 4.79 Å². The first-order valence-electron chi connectivity index (χ1n) is 5.45. The average molecular weight is 326 g/mol. The summed E-state index contributed by atoms with van der Waals surface area (Å²) in [7, 11) is 0. The molecule has 0 amide bonds. The Balaban J connectivity index is 1.73. The smallest absolute Gasteiger partial charge is 0.424 e. The fourth-order valence-corrected chi connectivity index (χ4v) is 1.48. The molecule has 122 valence electrons. The van der Waals surface area contributed by atoms with E-state index in [-0.39, 0.29) is 0 Å². The van der Waals surface area contributed by atoms with Gasteiger partial charge in [0.1, 0.15) is 6.61 Å². The van der Waals surface area contributed by atoms with Gasteiger partial charge in [-0.3, -0.25) is 0 Å². The topological polar surface area (TPSA) is 66.5 Å². The summed E-state index contributed by atoms with van der Waals surface area (Å²) < 4.78 is 94.4. The van der Waals surface area contributed by atoms with Crippen molar-refractivity contribution in [1.82, 2.24) is 0 Å². The quantitative estimate of drug-likeness (QED) is 0.435. The normalized spacial score (nSPS) is 32.8. The number of rotatable bonds is 5. The van der Waals surface area contributed by atoms with E-state index in [2.05, 4.69) is 18.9 Å². The minimum absolute atomic E-state index is 0.757. The van der Waals surface area contributed by atoms with Crippen LogP contribution in [-0.4, -0.2) is 56.5 Å². The number of hydrogen-bond donors (Lipinski definition) is 0. The fourth-order valence-electron chi connectivity index (χ4n) is 1.48. The molecule has 0 aromatic carbocycles. The first kappa shape index (κ1) is 16.1. The second-order valence-electron chi connectivity index (χ2n) is 4.12. The standard InChI is InChI=1S/C9H8F6O6/c10-8(11,12)2-18-6-5(21-6)17-1-3-4(9(13,14)15)20-7(16)19-3/h3-6H,1-2H2. The van der Waals surface area contributed by atoms with E-state index in [0.29, 0.717) is 0 Å². The lowest BCUT2D eigenvalue weighted by atomic mass is 10.2. The van der Waals surface area contributed by atoms with Gasteiger partial charge < -0.3 is 23.7 Å². The van der Waals surface area contributed by atoms with Gasteiger partial charge in [0.15, 0.2) is 6.10 Å². The maximum atomic E-state index is 12.5. The number of alkyl halides is 6. The van der Waals surface area contributed by atoms with E-state index in [1.807, 2.05) is 0 Å². The minimum Gasteiger partial charge on any atom is -0.424 e. The molecule has 2 aliphatic rings. The fraction of sp³-hybridized carbons (Fsp3) is 0.889. The van der Waals surface area contributed by atoms with Crippen molar-refractivity contribution in [2.24, 2.45) is 0 Å². The van der Waals surface area contributed by atoms with E-state index in [4.69, 9.17) is 4.74 Å². The monoisotopic (exact) mass is 326 g/mol. The van der Waals surface area contributed by atoms with Crippen molar-refractivity contribution in [3.63, 3.8) is 0 Å². The average Bonchev–Trinajstić information content (AvgIpc) is 2.95. The van der Waals surface area contributed by atoms with Crippen LogP contribution in [0.5, 0.6) is 0 Å². The maximum absolute atomic E-state index is 12.5. The van der Waals surface area contributed by atoms with Crippen LogP contribution >= 0.6 is 0 Å². The number of ether oxygens (including phenoxy) is 5. The van der Waals surface area contributed by atoms with Crippen LogP contribution in [-0.2, 0) is 23.7 Å². The van der Waals surface area contributed by atoms with Gasteiger partial charge in [-0.05, 0) is 0 Å². The van der Waals surface area contributed by atoms with Crippen LogP contribution < -0.4 is 0 Å². The van der Waals surface area contributed by atoms with E-state index in [9.17, 15) is 31.1 Å². The first-order valence-corrected chi connectivity index (χ1v) is 5.45. The molecule has 2 heterocycles. The summed E-state index contributed by atoms with van der Waals surface area (Å²) in [6, 6.07) is 0. The lowest BCUT2D eigenvalue weighted by Crippen LogP contribution is -2.40. The van der Waals surface area contributed by atoms with Gasteiger partial charge >= 0.3 is 18.5 Å². The largest absolute Gasteiger partial charge is 0.509 e. The van der Waals surface area contributed by atoms with Gasteiger partial charge in [-0.2, -0.15) is 26.3 Å². The highest BCUT2D eigenvalue weighted by Gasteiger charge is 2.55. The number of hydrogen-bond acceptors (Lipinski definition) is 6. The van der Waals surface area contributed by atoms with Crippen LogP contribution in [0.15, 0.2) is 0 Å². The van der Waals surface area contributed by atoms with Crippen LogP contribution in [0.1, 0.15) is 0 Å². The summed E-state index contributed by atoms with van der Waals surface area (Å²) in [6.45, 7) is -2.34. The van der Waals surface area contributed by atoms with Gasteiger partial charge in [0.2, 0.25) is 18.7 Å². The Kier molecular flexibility index (Phi) is 4.22. The van der Waals surface area contributed by atoms with Gasteiger partial charge in [0.25, 0.3) is 0 Å². The molecule has 0 bridgehead atoms. The van der Waals surface area contributed by atoms with Crippen molar-refractivity contribution >= 4 is 6.16 Å². The summed E-state index contributed by atoms with van der Waals surface area (Å²) in [4.78, 5) is 10.7. The van der Waals surface area contributed by atoms with E-state index < -0.39 is 56.5 Å². The number of carbonyl (C=O) groups is 1. The molecule has 12 heteroatoms. The van der Waals surface area contributed by atoms with Crippen LogP contribution in [0.2, 0.25) is 0 Å². The molecule has 0 N–H and O–H groups in total. The third-order valence-corrected chi connectivity index (χ3v) is 2.38. The van der Waals surface area contributed by atoms with Crippen molar-refractivity contribution in [3.05, 3.63) is 0 Å². The second kappa shape index (κ2) is 5.50. The van der Waals surface area contributed by atoms with Crippen molar-refractivity contribution in [2.75, 3.05) is 13.2 Å². The highest BCUT2D eigenvalue weighted by molar-refractivity contribution is 5.62. The molecule has 0 aliphatic carbocycles. The zero-order valence-corrected chi connectivity index (χ0v) is 9.94. The van der Waals surface area contributed by atoms with Gasteiger partial charge in [-0.15, -0.1) is 0 Å². The molecular weight excluding hydrogens is 318 g/mol. The predicted molar refractivity (Wildman–Crippen MR) is 47.8 cm³/mol. The zero-order chi connectivity index (χ0) is 15.8. The highest BCUT2D eigenvalue weighted by atomic mass is 19.4. The summed E-state index contributed by atoms with van der Waals surface area (Å²) in [5.74, 6) is 0. The Bertz CT molecular complexity index is 395. The zero-order valence-electron chi connectivity index (χ0n) is 9.94. The molecule has 0 radical (unpaired) electrons. The Labute approximate surface area is 112 Å². The van der Waals surface area contributed by atoms with E-state index in [1.54, 1.807) is 0 Å². The molecule has 6 nitrogen and oxygen atoms in total. The molecule has 0 spiro atoms. The second-order valence-corrected chi connectivity index (χ2v) is 4.12. The van der Waals surface area contributed by atoms with Gasteiger partial charge in [0.05, 0.1) is 6.61 Å². The predicted octanol–water partition coefficient (Wildman–Crippen LogP) is 1.73. The Morgan fingerprint density at radius 2 is 1.62 bits per heavy atom. The van der Waals surface area contributed by atoms with Gasteiger partial charge in [0, 0.05) is 0 Å². The maximum Gasteiger partial charge on any atom is 0.509 e. The molecular formula is C9H8F6O6. The molecule has 2 fully saturated rings. The van der Waals surface area contributed by atoms with Crippen LogP contribution in [0.3, 0.4) is 0 Å². The summed E-state index contributed by atoms with van der Waals surface area (Å²) >= 11 is 0. The Morgan fingerprint density at radius 1 is 1.00 bits per heavy atom. The van der Waals surface area contributed by atoms with Gasteiger partial charge in [-0.1, -0.05) is 0 Å². The van der Waals surface area contributed by atoms with Crippen LogP contribution in [0.25, 0.3) is 0 Å². The number of carbonyl (C=O) groups excluding carboxylic acids is 1. The first-order chi connectivity index (χ1) is 9.56. The van der Waals surface area contributed by atoms with Crippen LogP contribution in [0, 0.1) is 0 Å². The van der Waals surface area contributed by atoms with E-state index in [0.717, 1.165) is 0 Å². The summed E-state index contributed by atoms with van der Waals surface area (Å²) in [5, 5.41) is 0. The molecule has 0 saturated carbocycles. The molecule has 21 heavy (non-hydrogen) atoms. The molecule has 2 aliphatic heterocycles. The highest BCUT2D eigenvalue weighted by Crippen LogP contribution is 2.33. The van der Waals surface area contributed by atoms with Crippen molar-refractivity contribution in [3.8, 4) is 0 Å². The molecule has 2 rings (SSSR count). The molecule has 4 atom stereocenters. The lowest BCUT2D eigenvalue weighted by molar-refractivity contribution is -0.208. The lowest BCUT2D eigenvalue weighted by Gasteiger charge is -2.17. The molecule has 0 aromatic rings. The molecule has 4 unspecified atom stereocenters. The molecule has 2 saturated heterocycles. The Morgan fingerprint density at radius 3 is 2.19 bits per heavy atom. The number of cyclic esters (lactones) is 2. The van der Waals surface area contributed by atoms with Crippen LogP contribution in [0.4, 0.5) is 31.1 Å². The number of halogens is 6. The van der Waals surface area contributed by atoms with E-state index >= 15 is 0 Å². The summed E-state index contributed by atoms with van der Waals surface area (Å²) in [5.41, 5.74) is 0. The third kappa shape index (κ3) is 4.61. The van der Waals surface area contributed by atoms with E-state index in [1.165, 1.54) is 0 Å². The summed E-state index contributed by atoms with van der Waals surface area (Å²) in [6.07, 6.45) is -17.8. The SMILES string of the molecule is O=C1OC(COC2OC2OCC(F)(F)F)C(C(F)(F)F)O1.